The van der Waals surface area contributed by atoms with Crippen LogP contribution in [0.25, 0.3) is 0 Å². The molecule has 0 atom stereocenters. The lowest BCUT2D eigenvalue weighted by molar-refractivity contribution is -0.384. The van der Waals surface area contributed by atoms with Crippen molar-refractivity contribution < 1.29 is 28.7 Å². The molecule has 2 heterocycles. The Bertz CT molecular complexity index is 1060. The van der Waals surface area contributed by atoms with Crippen molar-refractivity contribution in [3.8, 4) is 11.5 Å². The number of amides is 1. The van der Waals surface area contributed by atoms with Crippen molar-refractivity contribution in [2.24, 2.45) is 5.92 Å². The first-order chi connectivity index (χ1) is 15.9. The molecule has 2 aliphatic rings. The molecule has 10 nitrogen and oxygen atoms in total. The van der Waals surface area contributed by atoms with Crippen LogP contribution >= 0.6 is 0 Å². The summed E-state index contributed by atoms with van der Waals surface area (Å²) in [4.78, 5) is 37.7. The van der Waals surface area contributed by atoms with Crippen LogP contribution in [0.4, 0.5) is 17.1 Å². The third-order valence-electron chi connectivity index (χ3n) is 5.69. The van der Waals surface area contributed by atoms with Crippen LogP contribution in [0.5, 0.6) is 11.5 Å². The molecular weight excluding hydrogens is 430 g/mol. The van der Waals surface area contributed by atoms with E-state index in [1.165, 1.54) is 12.1 Å². The third kappa shape index (κ3) is 5.33. The molecule has 2 aromatic carbocycles. The van der Waals surface area contributed by atoms with Gasteiger partial charge in [0.25, 0.3) is 11.6 Å². The summed E-state index contributed by atoms with van der Waals surface area (Å²) < 4.78 is 16.0. The zero-order valence-corrected chi connectivity index (χ0v) is 18.2. The van der Waals surface area contributed by atoms with Gasteiger partial charge in [-0.3, -0.25) is 14.9 Å². The van der Waals surface area contributed by atoms with E-state index in [0.29, 0.717) is 42.0 Å². The number of carbonyl (C=O) groups excluding carboxylic acids is 2. The minimum atomic E-state index is -0.811. The number of ether oxygens (including phenoxy) is 3. The van der Waals surface area contributed by atoms with E-state index >= 15 is 0 Å². The Labute approximate surface area is 190 Å². The van der Waals surface area contributed by atoms with Gasteiger partial charge in [0.15, 0.2) is 18.1 Å². The third-order valence-corrected chi connectivity index (χ3v) is 5.69. The zero-order valence-electron chi connectivity index (χ0n) is 18.2. The molecule has 33 heavy (non-hydrogen) atoms. The maximum absolute atomic E-state index is 12.4. The number of nitrogens with one attached hydrogen (secondary N) is 1. The van der Waals surface area contributed by atoms with E-state index in [1.807, 2.05) is 4.90 Å². The van der Waals surface area contributed by atoms with Gasteiger partial charge in [-0.15, -0.1) is 0 Å². The summed E-state index contributed by atoms with van der Waals surface area (Å²) in [6.07, 6.45) is 1.92. The van der Waals surface area contributed by atoms with Gasteiger partial charge in [-0.1, -0.05) is 6.92 Å². The first-order valence-electron chi connectivity index (χ1n) is 10.8. The summed E-state index contributed by atoms with van der Waals surface area (Å²) in [6, 6.07) is 9.21. The number of hydrogen-bond donors (Lipinski definition) is 1. The lowest BCUT2D eigenvalue weighted by Gasteiger charge is -2.31. The van der Waals surface area contributed by atoms with Crippen molar-refractivity contribution in [1.29, 1.82) is 0 Å². The number of nitrogens with zero attached hydrogens (tertiary/aromatic N) is 2. The first kappa shape index (κ1) is 22.4. The van der Waals surface area contributed by atoms with Crippen LogP contribution in [-0.4, -0.2) is 49.7 Å². The Hall–Kier alpha value is -3.82. The molecule has 0 saturated carbocycles. The maximum atomic E-state index is 12.4. The van der Waals surface area contributed by atoms with Gasteiger partial charge in [-0.25, -0.2) is 4.79 Å². The number of benzene rings is 2. The van der Waals surface area contributed by atoms with Crippen LogP contribution in [0.2, 0.25) is 0 Å². The van der Waals surface area contributed by atoms with Crippen molar-refractivity contribution in [3.63, 3.8) is 0 Å². The van der Waals surface area contributed by atoms with E-state index in [-0.39, 0.29) is 11.3 Å². The van der Waals surface area contributed by atoms with Gasteiger partial charge >= 0.3 is 5.97 Å². The molecule has 2 aliphatic heterocycles. The quantitative estimate of drug-likeness (QED) is 0.400. The molecule has 1 N–H and O–H groups in total. The number of nitro groups is 1. The van der Waals surface area contributed by atoms with Crippen molar-refractivity contribution in [2.45, 2.75) is 19.8 Å². The van der Waals surface area contributed by atoms with Gasteiger partial charge in [0, 0.05) is 30.9 Å². The topological polar surface area (TPSA) is 120 Å². The average Bonchev–Trinajstić information content (AvgIpc) is 2.82. The Morgan fingerprint density at radius 2 is 1.85 bits per heavy atom. The van der Waals surface area contributed by atoms with E-state index in [2.05, 4.69) is 12.2 Å². The lowest BCUT2D eigenvalue weighted by Crippen LogP contribution is -2.33. The normalized spacial score (nSPS) is 15.6. The fourth-order valence-electron chi connectivity index (χ4n) is 3.85. The number of hydrogen-bond acceptors (Lipinski definition) is 8. The molecule has 10 heteroatoms. The Balaban J connectivity index is 1.37. The summed E-state index contributed by atoms with van der Waals surface area (Å²) in [5, 5.41) is 14.2. The summed E-state index contributed by atoms with van der Waals surface area (Å²) in [6.45, 7) is 3.97. The fraction of sp³-hybridized carbons (Fsp3) is 0.391. The number of rotatable bonds is 6. The summed E-state index contributed by atoms with van der Waals surface area (Å²) in [7, 11) is 0. The van der Waals surface area contributed by atoms with Crippen molar-refractivity contribution >= 4 is 28.9 Å². The van der Waals surface area contributed by atoms with Gasteiger partial charge in [0.1, 0.15) is 18.9 Å². The molecule has 2 aromatic rings. The Kier molecular flexibility index (Phi) is 6.62. The van der Waals surface area contributed by atoms with Crippen molar-refractivity contribution in [1.82, 2.24) is 0 Å². The van der Waals surface area contributed by atoms with Crippen molar-refractivity contribution in [3.05, 3.63) is 52.1 Å². The molecule has 1 fully saturated rings. The minimum absolute atomic E-state index is 0.0166. The van der Waals surface area contributed by atoms with Crippen LogP contribution in [0.3, 0.4) is 0 Å². The molecule has 0 spiro atoms. The molecule has 174 valence electrons. The minimum Gasteiger partial charge on any atom is -0.486 e. The highest BCUT2D eigenvalue weighted by Crippen LogP contribution is 2.33. The van der Waals surface area contributed by atoms with Gasteiger partial charge in [-0.2, -0.15) is 0 Å². The van der Waals surface area contributed by atoms with Gasteiger partial charge < -0.3 is 24.4 Å². The number of anilines is 2. The number of piperidine rings is 1. The van der Waals surface area contributed by atoms with E-state index in [9.17, 15) is 19.7 Å². The molecule has 0 radical (unpaired) electrons. The fourth-order valence-corrected chi connectivity index (χ4v) is 3.85. The molecule has 1 saturated heterocycles. The number of nitro benzene ring substituents is 1. The average molecular weight is 455 g/mol. The lowest BCUT2D eigenvalue weighted by atomic mass is 9.98. The first-order valence-corrected chi connectivity index (χ1v) is 10.8. The molecule has 0 bridgehead atoms. The SMILES string of the molecule is CC1CCN(c2ccc(C(=O)OCC(=O)Nc3ccc4c(c3)OCCO4)cc2[N+](=O)[O-])CC1. The largest absolute Gasteiger partial charge is 0.486 e. The highest BCUT2D eigenvalue weighted by atomic mass is 16.6. The summed E-state index contributed by atoms with van der Waals surface area (Å²) >= 11 is 0. The molecule has 1 amide bonds. The van der Waals surface area contributed by atoms with Gasteiger partial charge in [0.2, 0.25) is 0 Å². The van der Waals surface area contributed by atoms with Crippen molar-refractivity contribution in [2.75, 3.05) is 43.1 Å². The molecule has 0 unspecified atom stereocenters. The van der Waals surface area contributed by atoms with Crippen LogP contribution in [-0.2, 0) is 9.53 Å². The van der Waals surface area contributed by atoms with Crippen LogP contribution in [0.15, 0.2) is 36.4 Å². The smallest absolute Gasteiger partial charge is 0.338 e. The Morgan fingerprint density at radius 1 is 1.12 bits per heavy atom. The van der Waals surface area contributed by atoms with Crippen LogP contribution in [0, 0.1) is 16.0 Å². The predicted octanol–water partition coefficient (Wildman–Crippen LogP) is 3.40. The molecule has 0 aromatic heterocycles. The van der Waals surface area contributed by atoms with Gasteiger partial charge in [0.05, 0.1) is 10.5 Å². The number of esters is 1. The highest BCUT2D eigenvalue weighted by Gasteiger charge is 2.25. The monoisotopic (exact) mass is 455 g/mol. The molecule has 4 rings (SSSR count). The second kappa shape index (κ2) is 9.76. The standard InChI is InChI=1S/C23H25N3O7/c1-15-6-8-25(9-7-15)18-4-2-16(12-19(18)26(29)30)23(28)33-14-22(27)24-17-3-5-20-21(13-17)32-11-10-31-20/h2-5,12-13,15H,6-11,14H2,1H3,(H,24,27). The highest BCUT2D eigenvalue weighted by molar-refractivity contribution is 5.96. The van der Waals surface area contributed by atoms with Gasteiger partial charge in [-0.05, 0) is 43.0 Å². The summed E-state index contributed by atoms with van der Waals surface area (Å²) in [5.41, 5.74) is 0.818. The summed E-state index contributed by atoms with van der Waals surface area (Å²) in [5.74, 6) is 0.340. The maximum Gasteiger partial charge on any atom is 0.338 e. The predicted molar refractivity (Wildman–Crippen MR) is 120 cm³/mol. The Morgan fingerprint density at radius 3 is 2.58 bits per heavy atom. The second-order valence-electron chi connectivity index (χ2n) is 8.11. The van der Waals surface area contributed by atoms with E-state index < -0.39 is 23.4 Å². The molecular formula is C23H25N3O7. The zero-order chi connectivity index (χ0) is 23.4. The number of carbonyl (C=O) groups is 2. The van der Waals surface area contributed by atoms with E-state index in [4.69, 9.17) is 14.2 Å². The second-order valence-corrected chi connectivity index (χ2v) is 8.11. The van der Waals surface area contributed by atoms with Crippen LogP contribution < -0.4 is 19.7 Å². The molecule has 0 aliphatic carbocycles. The van der Waals surface area contributed by atoms with E-state index in [1.54, 1.807) is 24.3 Å². The van der Waals surface area contributed by atoms with Crippen LogP contribution in [0.1, 0.15) is 30.1 Å². The van der Waals surface area contributed by atoms with E-state index in [0.717, 1.165) is 25.9 Å². The number of fused-ring (bicyclic) bond motifs is 1.